The van der Waals surface area contributed by atoms with Crippen molar-refractivity contribution in [2.45, 2.75) is 49.2 Å². The van der Waals surface area contributed by atoms with Crippen molar-refractivity contribution in [3.63, 3.8) is 0 Å². The van der Waals surface area contributed by atoms with E-state index < -0.39 is 17.2 Å². The molecule has 3 heterocycles. The molecule has 3 aromatic rings. The van der Waals surface area contributed by atoms with Crippen LogP contribution in [0.15, 0.2) is 82.6 Å². The van der Waals surface area contributed by atoms with Crippen molar-refractivity contribution in [1.29, 1.82) is 0 Å². The quantitative estimate of drug-likeness (QED) is 0.179. The summed E-state index contributed by atoms with van der Waals surface area (Å²) in [5.41, 5.74) is -0.493. The van der Waals surface area contributed by atoms with E-state index in [4.69, 9.17) is 9.26 Å². The average Bonchev–Trinajstić information content (AvgIpc) is 3.70. The number of carbonyl (C=O) groups excluding carboxylic acids is 1. The van der Waals surface area contributed by atoms with Gasteiger partial charge in [-0.3, -0.25) is 0 Å². The minimum Gasteiger partial charge on any atom is -0.457 e. The van der Waals surface area contributed by atoms with Crippen LogP contribution in [0.2, 0.25) is 0 Å². The number of thiophene rings is 1. The Morgan fingerprint density at radius 1 is 1.35 bits per heavy atom. The van der Waals surface area contributed by atoms with Gasteiger partial charge in [0.25, 0.3) is 0 Å². The van der Waals surface area contributed by atoms with E-state index in [0.29, 0.717) is 24.3 Å². The summed E-state index contributed by atoms with van der Waals surface area (Å²) in [6.07, 6.45) is 6.08. The van der Waals surface area contributed by atoms with E-state index in [1.807, 2.05) is 78.4 Å². The molecule has 1 aliphatic carbocycles. The number of benzene rings is 1. The van der Waals surface area contributed by atoms with Gasteiger partial charge in [-0.15, -0.1) is 29.7 Å². The maximum atomic E-state index is 13.6. The first kappa shape index (κ1) is 26.0. The molecule has 2 aromatic heterocycles. The Bertz CT molecular complexity index is 1230. The minimum absolute atomic E-state index is 0.112. The van der Waals surface area contributed by atoms with Gasteiger partial charge in [-0.05, 0) is 55.5 Å². The van der Waals surface area contributed by atoms with Crippen molar-refractivity contribution in [3.8, 4) is 11.3 Å². The molecule has 0 radical (unpaired) electrons. The van der Waals surface area contributed by atoms with Crippen molar-refractivity contribution in [2.24, 2.45) is 11.8 Å². The Labute approximate surface area is 225 Å². The first-order valence-electron chi connectivity index (χ1n) is 12.6. The SMILES string of the molecule is C=CC1C[C@](C)(OC(=O)C(O)(c2cccs2)C2CC=CS2)C1CCNCc1cc(-c2ccccc2)on1. The fraction of sp³-hybridized carbons (Fsp3) is 0.379. The highest BCUT2D eigenvalue weighted by Crippen LogP contribution is 2.51. The maximum absolute atomic E-state index is 13.6. The zero-order valence-corrected chi connectivity index (χ0v) is 22.5. The number of allylic oxidation sites excluding steroid dienone is 2. The largest absolute Gasteiger partial charge is 0.457 e. The molecule has 0 amide bonds. The van der Waals surface area contributed by atoms with Crippen molar-refractivity contribution < 1.29 is 19.2 Å². The van der Waals surface area contributed by atoms with E-state index in [1.165, 1.54) is 23.1 Å². The molecule has 1 fully saturated rings. The van der Waals surface area contributed by atoms with Crippen LogP contribution in [0.3, 0.4) is 0 Å². The number of aromatic nitrogens is 1. The molecular formula is C29H32N2O4S2. The molecule has 1 aromatic carbocycles. The van der Waals surface area contributed by atoms with Gasteiger partial charge in [-0.1, -0.05) is 53.7 Å². The number of nitrogens with one attached hydrogen (secondary N) is 1. The Morgan fingerprint density at radius 3 is 2.89 bits per heavy atom. The fourth-order valence-corrected chi connectivity index (χ4v) is 7.37. The summed E-state index contributed by atoms with van der Waals surface area (Å²) in [7, 11) is 0. The third kappa shape index (κ3) is 5.21. The van der Waals surface area contributed by atoms with E-state index in [0.717, 1.165) is 30.0 Å². The number of thioether (sulfide) groups is 1. The van der Waals surface area contributed by atoms with Crippen LogP contribution in [0.25, 0.3) is 11.3 Å². The van der Waals surface area contributed by atoms with Gasteiger partial charge in [0.1, 0.15) is 5.60 Å². The van der Waals surface area contributed by atoms with Gasteiger partial charge < -0.3 is 19.7 Å². The standard InChI is InChI=1S/C29H32N2O4S2/c1-3-20-18-28(2,34-27(32)29(33,25-11-7-15-36-25)26-12-8-16-37-26)23(20)13-14-30-19-22-17-24(35-31-22)21-9-5-4-6-10-21/h3-11,15-17,20,23,26,30,33H,1,12-14,18-19H2,2H3/t20?,23?,26?,28-,29?/m0/s1. The lowest BCUT2D eigenvalue weighted by Gasteiger charge is -2.52. The van der Waals surface area contributed by atoms with E-state index in [-0.39, 0.29) is 17.1 Å². The smallest absolute Gasteiger partial charge is 0.345 e. The van der Waals surface area contributed by atoms with Gasteiger partial charge in [0.05, 0.1) is 10.9 Å². The Kier molecular flexibility index (Phi) is 7.72. The van der Waals surface area contributed by atoms with Crippen molar-refractivity contribution in [1.82, 2.24) is 10.5 Å². The molecule has 2 aliphatic rings. The molecule has 0 spiro atoms. The molecule has 0 saturated heterocycles. The highest BCUT2D eigenvalue weighted by atomic mass is 32.2. The number of hydrogen-bond acceptors (Lipinski definition) is 8. The molecule has 2 N–H and O–H groups in total. The van der Waals surface area contributed by atoms with Crippen LogP contribution in [0, 0.1) is 11.8 Å². The first-order chi connectivity index (χ1) is 17.9. The number of carbonyl (C=O) groups is 1. The number of esters is 1. The minimum atomic E-state index is -1.67. The van der Waals surface area contributed by atoms with Crippen LogP contribution in [-0.2, 0) is 21.7 Å². The van der Waals surface area contributed by atoms with Crippen LogP contribution < -0.4 is 5.32 Å². The summed E-state index contributed by atoms with van der Waals surface area (Å²) in [5, 5.41) is 22.8. The molecule has 1 saturated carbocycles. The summed E-state index contributed by atoms with van der Waals surface area (Å²) in [6.45, 7) is 7.29. The molecule has 8 heteroatoms. The number of nitrogens with zero attached hydrogens (tertiary/aromatic N) is 1. The molecule has 6 nitrogen and oxygen atoms in total. The van der Waals surface area contributed by atoms with Gasteiger partial charge >= 0.3 is 5.97 Å². The summed E-state index contributed by atoms with van der Waals surface area (Å²) in [6, 6.07) is 15.5. The predicted octanol–water partition coefficient (Wildman–Crippen LogP) is 5.91. The Hall–Kier alpha value is -2.65. The number of hydrogen-bond donors (Lipinski definition) is 2. The Morgan fingerprint density at radius 2 is 2.19 bits per heavy atom. The molecule has 0 bridgehead atoms. The number of aliphatic hydroxyl groups is 1. The molecule has 5 rings (SSSR count). The highest BCUT2D eigenvalue weighted by Gasteiger charge is 2.56. The van der Waals surface area contributed by atoms with E-state index in [2.05, 4.69) is 17.1 Å². The van der Waals surface area contributed by atoms with Crippen molar-refractivity contribution in [3.05, 3.63) is 88.6 Å². The maximum Gasteiger partial charge on any atom is 0.345 e. The van der Waals surface area contributed by atoms with Gasteiger partial charge in [0.2, 0.25) is 5.60 Å². The lowest BCUT2D eigenvalue weighted by Crippen LogP contribution is -2.58. The second-order valence-electron chi connectivity index (χ2n) is 9.90. The average molecular weight is 537 g/mol. The van der Waals surface area contributed by atoms with E-state index >= 15 is 0 Å². The first-order valence-corrected chi connectivity index (χ1v) is 14.4. The van der Waals surface area contributed by atoms with Crippen LogP contribution in [0.1, 0.15) is 36.8 Å². The van der Waals surface area contributed by atoms with Crippen LogP contribution >= 0.6 is 23.1 Å². The lowest BCUT2D eigenvalue weighted by molar-refractivity contribution is -0.206. The molecular weight excluding hydrogens is 504 g/mol. The van der Waals surface area contributed by atoms with Gasteiger partial charge in [-0.2, -0.15) is 0 Å². The zero-order chi connectivity index (χ0) is 25.9. The number of rotatable bonds is 11. The molecule has 4 unspecified atom stereocenters. The topological polar surface area (TPSA) is 84.6 Å². The third-order valence-electron chi connectivity index (χ3n) is 7.49. The van der Waals surface area contributed by atoms with Crippen molar-refractivity contribution >= 4 is 29.1 Å². The second-order valence-corrected chi connectivity index (χ2v) is 12.0. The molecule has 1 aliphatic heterocycles. The summed E-state index contributed by atoms with van der Waals surface area (Å²) >= 11 is 2.87. The van der Waals surface area contributed by atoms with Gasteiger partial charge in [0, 0.05) is 29.0 Å². The molecule has 37 heavy (non-hydrogen) atoms. The normalized spacial score (nSPS) is 26.4. The van der Waals surface area contributed by atoms with Gasteiger partial charge in [0.15, 0.2) is 5.76 Å². The fourth-order valence-electron chi connectivity index (χ4n) is 5.38. The number of ether oxygens (including phenoxy) is 1. The zero-order valence-electron chi connectivity index (χ0n) is 20.8. The van der Waals surface area contributed by atoms with Crippen molar-refractivity contribution in [2.75, 3.05) is 6.54 Å². The summed E-state index contributed by atoms with van der Waals surface area (Å²) in [5.74, 6) is 0.556. The molecule has 5 atom stereocenters. The van der Waals surface area contributed by atoms with E-state index in [9.17, 15) is 9.90 Å². The van der Waals surface area contributed by atoms with Gasteiger partial charge in [-0.25, -0.2) is 4.79 Å². The highest BCUT2D eigenvalue weighted by molar-refractivity contribution is 8.03. The van der Waals surface area contributed by atoms with E-state index in [1.54, 1.807) is 0 Å². The third-order valence-corrected chi connectivity index (χ3v) is 9.70. The van der Waals surface area contributed by atoms with Crippen LogP contribution in [0.5, 0.6) is 0 Å². The summed E-state index contributed by atoms with van der Waals surface area (Å²) < 4.78 is 11.6. The Balaban J connectivity index is 1.19. The second kappa shape index (κ2) is 11.0. The van der Waals surface area contributed by atoms with Crippen LogP contribution in [-0.4, -0.2) is 33.6 Å². The monoisotopic (exact) mass is 536 g/mol. The predicted molar refractivity (Wildman–Crippen MR) is 148 cm³/mol. The summed E-state index contributed by atoms with van der Waals surface area (Å²) in [4.78, 5) is 14.2. The lowest BCUT2D eigenvalue weighted by atomic mass is 9.60. The molecule has 194 valence electrons. The van der Waals surface area contributed by atoms with Crippen LogP contribution in [0.4, 0.5) is 0 Å².